The van der Waals surface area contributed by atoms with Gasteiger partial charge in [0, 0.05) is 25.9 Å². The molecule has 1 amide bonds. The Bertz CT molecular complexity index is 429. The molecule has 17 heavy (non-hydrogen) atoms. The van der Waals surface area contributed by atoms with Crippen molar-refractivity contribution in [1.29, 1.82) is 0 Å². The smallest absolute Gasteiger partial charge is 0.357 e. The molecule has 0 unspecified atom stereocenters. The third-order valence-electron chi connectivity index (χ3n) is 2.49. The standard InChI is InChI=1S/C10H13N3O4/c14-9-3-4-11-13(9)5-1-2-8-12-7(6-17-8)10(15)16/h6,11H,1-5H2,(H,15,16). The van der Waals surface area contributed by atoms with Crippen LogP contribution in [0.2, 0.25) is 0 Å². The Morgan fingerprint density at radius 1 is 1.65 bits per heavy atom. The van der Waals surface area contributed by atoms with Gasteiger partial charge in [0.2, 0.25) is 5.91 Å². The van der Waals surface area contributed by atoms with Gasteiger partial charge >= 0.3 is 5.97 Å². The molecule has 1 aromatic heterocycles. The number of aryl methyl sites for hydroxylation is 1. The van der Waals surface area contributed by atoms with Crippen molar-refractivity contribution < 1.29 is 19.1 Å². The fraction of sp³-hybridized carbons (Fsp3) is 0.500. The van der Waals surface area contributed by atoms with Gasteiger partial charge in [-0.25, -0.2) is 15.2 Å². The Hall–Kier alpha value is -1.89. The van der Waals surface area contributed by atoms with Crippen LogP contribution in [0.5, 0.6) is 0 Å². The van der Waals surface area contributed by atoms with E-state index in [-0.39, 0.29) is 11.6 Å². The quantitative estimate of drug-likeness (QED) is 0.753. The second-order valence-corrected chi connectivity index (χ2v) is 3.74. The van der Waals surface area contributed by atoms with Crippen LogP contribution in [0.4, 0.5) is 0 Å². The fourth-order valence-electron chi connectivity index (χ4n) is 1.64. The molecule has 2 rings (SSSR count). The first kappa shape index (κ1) is 11.6. The fourth-order valence-corrected chi connectivity index (χ4v) is 1.64. The van der Waals surface area contributed by atoms with Crippen LogP contribution in [-0.2, 0) is 11.2 Å². The van der Waals surface area contributed by atoms with E-state index in [9.17, 15) is 9.59 Å². The number of carboxylic acid groups (broad SMARTS) is 1. The summed E-state index contributed by atoms with van der Waals surface area (Å²) in [5.41, 5.74) is 2.87. The number of rotatable bonds is 5. The molecule has 0 aromatic carbocycles. The third-order valence-corrected chi connectivity index (χ3v) is 2.49. The van der Waals surface area contributed by atoms with E-state index in [1.54, 1.807) is 5.01 Å². The number of nitrogens with zero attached hydrogens (tertiary/aromatic N) is 2. The monoisotopic (exact) mass is 239 g/mol. The zero-order valence-corrected chi connectivity index (χ0v) is 9.18. The molecule has 2 heterocycles. The first-order valence-electron chi connectivity index (χ1n) is 5.38. The first-order valence-corrected chi connectivity index (χ1v) is 5.38. The largest absolute Gasteiger partial charge is 0.476 e. The van der Waals surface area contributed by atoms with Crippen molar-refractivity contribution in [1.82, 2.24) is 15.4 Å². The molecule has 1 aromatic rings. The SMILES string of the molecule is O=C(O)c1coc(CCCN2NCCC2=O)n1. The van der Waals surface area contributed by atoms with Gasteiger partial charge in [-0.15, -0.1) is 0 Å². The average molecular weight is 239 g/mol. The molecule has 1 aliphatic heterocycles. The maximum atomic E-state index is 11.3. The predicted molar refractivity (Wildman–Crippen MR) is 56.1 cm³/mol. The Kier molecular flexibility index (Phi) is 3.38. The van der Waals surface area contributed by atoms with Crippen LogP contribution in [0.25, 0.3) is 0 Å². The molecule has 92 valence electrons. The van der Waals surface area contributed by atoms with Crippen LogP contribution >= 0.6 is 0 Å². The molecule has 1 saturated heterocycles. The van der Waals surface area contributed by atoms with Crippen molar-refractivity contribution in [2.75, 3.05) is 13.1 Å². The highest BCUT2D eigenvalue weighted by Gasteiger charge is 2.19. The number of hydrogen-bond acceptors (Lipinski definition) is 5. The molecule has 1 aliphatic rings. The van der Waals surface area contributed by atoms with Crippen LogP contribution < -0.4 is 5.43 Å². The van der Waals surface area contributed by atoms with E-state index in [0.717, 1.165) is 6.26 Å². The summed E-state index contributed by atoms with van der Waals surface area (Å²) in [6, 6.07) is 0. The van der Waals surface area contributed by atoms with Gasteiger partial charge in [0.1, 0.15) is 6.26 Å². The van der Waals surface area contributed by atoms with Crippen molar-refractivity contribution in [3.05, 3.63) is 17.8 Å². The van der Waals surface area contributed by atoms with Gasteiger partial charge in [-0.2, -0.15) is 0 Å². The number of oxazole rings is 1. The summed E-state index contributed by atoms with van der Waals surface area (Å²) < 4.78 is 5.00. The number of carbonyl (C=O) groups is 2. The maximum absolute atomic E-state index is 11.3. The van der Waals surface area contributed by atoms with Gasteiger partial charge in [0.05, 0.1) is 0 Å². The lowest BCUT2D eigenvalue weighted by Crippen LogP contribution is -2.35. The first-order chi connectivity index (χ1) is 8.16. The molecule has 2 N–H and O–H groups in total. The third kappa shape index (κ3) is 2.82. The van der Waals surface area contributed by atoms with Gasteiger partial charge in [0.15, 0.2) is 11.6 Å². The summed E-state index contributed by atoms with van der Waals surface area (Å²) >= 11 is 0. The molecule has 0 aliphatic carbocycles. The summed E-state index contributed by atoms with van der Waals surface area (Å²) in [7, 11) is 0. The van der Waals surface area contributed by atoms with Gasteiger partial charge < -0.3 is 9.52 Å². The predicted octanol–water partition coefficient (Wildman–Crippen LogP) is 0.0423. The minimum Gasteiger partial charge on any atom is -0.476 e. The number of nitrogens with one attached hydrogen (secondary N) is 1. The van der Waals surface area contributed by atoms with Crippen molar-refractivity contribution in [3.8, 4) is 0 Å². The van der Waals surface area contributed by atoms with E-state index in [0.29, 0.717) is 38.2 Å². The van der Waals surface area contributed by atoms with Crippen molar-refractivity contribution in [3.63, 3.8) is 0 Å². The molecule has 0 bridgehead atoms. The lowest BCUT2D eigenvalue weighted by molar-refractivity contribution is -0.129. The van der Waals surface area contributed by atoms with E-state index >= 15 is 0 Å². The molecule has 1 fully saturated rings. The number of amides is 1. The van der Waals surface area contributed by atoms with Crippen LogP contribution in [0.15, 0.2) is 10.7 Å². The zero-order valence-electron chi connectivity index (χ0n) is 9.18. The van der Waals surface area contributed by atoms with E-state index in [2.05, 4.69) is 10.4 Å². The normalized spacial score (nSPS) is 15.5. The Labute approximate surface area is 97.4 Å². The Balaban J connectivity index is 1.77. The number of hydrogen-bond donors (Lipinski definition) is 2. The van der Waals surface area contributed by atoms with E-state index in [1.807, 2.05) is 0 Å². The number of hydrazine groups is 1. The molecule has 7 heteroatoms. The molecule has 0 atom stereocenters. The summed E-state index contributed by atoms with van der Waals surface area (Å²) in [6.07, 6.45) is 2.84. The van der Waals surface area contributed by atoms with Crippen LogP contribution in [0, 0.1) is 0 Å². The van der Waals surface area contributed by atoms with E-state index in [1.165, 1.54) is 0 Å². The Morgan fingerprint density at radius 2 is 2.47 bits per heavy atom. The highest BCUT2D eigenvalue weighted by atomic mass is 16.4. The van der Waals surface area contributed by atoms with Gasteiger partial charge in [-0.3, -0.25) is 9.80 Å². The minimum absolute atomic E-state index is 0.0867. The number of carbonyl (C=O) groups excluding carboxylic acids is 1. The van der Waals surface area contributed by atoms with Crippen molar-refractivity contribution in [2.45, 2.75) is 19.3 Å². The average Bonchev–Trinajstić information content (AvgIpc) is 2.89. The topological polar surface area (TPSA) is 95.7 Å². The maximum Gasteiger partial charge on any atom is 0.357 e. The summed E-state index contributed by atoms with van der Waals surface area (Å²) in [5.74, 6) is -0.630. The summed E-state index contributed by atoms with van der Waals surface area (Å²) in [4.78, 5) is 25.6. The lowest BCUT2D eigenvalue weighted by Gasteiger charge is -2.14. The molecule has 0 saturated carbocycles. The van der Waals surface area contributed by atoms with Crippen LogP contribution in [-0.4, -0.2) is 40.1 Å². The van der Waals surface area contributed by atoms with Gasteiger partial charge in [-0.1, -0.05) is 0 Å². The second-order valence-electron chi connectivity index (χ2n) is 3.74. The van der Waals surface area contributed by atoms with Gasteiger partial charge in [-0.05, 0) is 6.42 Å². The molecular weight excluding hydrogens is 226 g/mol. The number of carboxylic acids is 1. The number of aromatic carboxylic acids is 1. The highest BCUT2D eigenvalue weighted by molar-refractivity contribution is 5.84. The van der Waals surface area contributed by atoms with E-state index < -0.39 is 5.97 Å². The molecule has 0 radical (unpaired) electrons. The summed E-state index contributed by atoms with van der Waals surface area (Å²) in [5, 5.41) is 10.2. The molecule has 7 nitrogen and oxygen atoms in total. The van der Waals surface area contributed by atoms with Crippen LogP contribution in [0.3, 0.4) is 0 Å². The van der Waals surface area contributed by atoms with Crippen molar-refractivity contribution in [2.24, 2.45) is 0 Å². The molecule has 0 spiro atoms. The number of aromatic nitrogens is 1. The van der Waals surface area contributed by atoms with Crippen molar-refractivity contribution >= 4 is 11.9 Å². The highest BCUT2D eigenvalue weighted by Crippen LogP contribution is 2.06. The second kappa shape index (κ2) is 4.96. The minimum atomic E-state index is -1.10. The zero-order chi connectivity index (χ0) is 12.3. The van der Waals surface area contributed by atoms with Crippen LogP contribution in [0.1, 0.15) is 29.2 Å². The van der Waals surface area contributed by atoms with Gasteiger partial charge in [0.25, 0.3) is 0 Å². The lowest BCUT2D eigenvalue weighted by atomic mass is 10.3. The Morgan fingerprint density at radius 3 is 3.06 bits per heavy atom. The van der Waals surface area contributed by atoms with E-state index in [4.69, 9.17) is 9.52 Å². The summed E-state index contributed by atoms with van der Waals surface area (Å²) in [6.45, 7) is 1.25. The molecular formula is C10H13N3O4.